The van der Waals surface area contributed by atoms with E-state index in [1.165, 1.54) is 23.1 Å². The number of ether oxygens (including phenoxy) is 1. The predicted molar refractivity (Wildman–Crippen MR) is 88.7 cm³/mol. The molecule has 2 rings (SSSR count). The maximum atomic E-state index is 13.0. The van der Waals surface area contributed by atoms with Gasteiger partial charge in [-0.2, -0.15) is 0 Å². The number of amides is 1. The summed E-state index contributed by atoms with van der Waals surface area (Å²) in [6.07, 6.45) is 2.14. The van der Waals surface area contributed by atoms with Crippen LogP contribution in [0.1, 0.15) is 0 Å². The van der Waals surface area contributed by atoms with Gasteiger partial charge < -0.3 is 9.64 Å². The van der Waals surface area contributed by atoms with Crippen molar-refractivity contribution in [3.05, 3.63) is 71.0 Å². The van der Waals surface area contributed by atoms with Gasteiger partial charge in [0.2, 0.25) is 0 Å². The lowest BCUT2D eigenvalue weighted by atomic mass is 10.3. The van der Waals surface area contributed by atoms with Crippen molar-refractivity contribution in [2.75, 3.05) is 11.9 Å². The Morgan fingerprint density at radius 1 is 1.13 bits per heavy atom. The summed E-state index contributed by atoms with van der Waals surface area (Å²) in [5.74, 6) is -1.38. The average Bonchev–Trinajstić information content (AvgIpc) is 2.55. The molecule has 0 aliphatic heterocycles. The zero-order valence-electron chi connectivity index (χ0n) is 12.2. The second kappa shape index (κ2) is 7.69. The minimum atomic E-state index is -0.730. The number of carbonyl (C=O) groups is 2. The lowest BCUT2D eigenvalue weighted by Gasteiger charge is -2.14. The number of benzene rings is 2. The van der Waals surface area contributed by atoms with Crippen molar-refractivity contribution in [1.29, 1.82) is 0 Å². The Labute approximate surface area is 141 Å². The Balaban J connectivity index is 1.99. The number of carbonyl (C=O) groups excluding carboxylic acids is 2. The van der Waals surface area contributed by atoms with Gasteiger partial charge >= 0.3 is 5.97 Å². The maximum absolute atomic E-state index is 13.0. The highest BCUT2D eigenvalue weighted by Crippen LogP contribution is 2.25. The van der Waals surface area contributed by atoms with E-state index in [1.54, 1.807) is 19.2 Å². The van der Waals surface area contributed by atoms with Gasteiger partial charge in [0.05, 0.1) is 4.47 Å². The molecule has 0 saturated heterocycles. The normalized spacial score (nSPS) is 10.6. The first-order valence-corrected chi connectivity index (χ1v) is 7.44. The van der Waals surface area contributed by atoms with Gasteiger partial charge in [-0.25, -0.2) is 9.18 Å². The summed E-state index contributed by atoms with van der Waals surface area (Å²) < 4.78 is 18.3. The molecule has 0 aliphatic carbocycles. The molecule has 0 unspecified atom stereocenters. The van der Waals surface area contributed by atoms with Gasteiger partial charge in [-0.3, -0.25) is 4.79 Å². The average molecular weight is 378 g/mol. The molecule has 0 bridgehead atoms. The van der Waals surface area contributed by atoms with Crippen molar-refractivity contribution in [3.63, 3.8) is 0 Å². The summed E-state index contributed by atoms with van der Waals surface area (Å²) in [5.41, 5.74) is 0.705. The van der Waals surface area contributed by atoms with Gasteiger partial charge in [0.15, 0.2) is 0 Å². The highest BCUT2D eigenvalue weighted by Gasteiger charge is 2.10. The molecule has 0 saturated carbocycles. The summed E-state index contributed by atoms with van der Waals surface area (Å²) in [6.45, 7) is 0. The van der Waals surface area contributed by atoms with Crippen LogP contribution in [0, 0.1) is 5.82 Å². The first-order valence-electron chi connectivity index (χ1n) is 6.65. The van der Waals surface area contributed by atoms with Crippen molar-refractivity contribution in [1.82, 2.24) is 0 Å². The standard InChI is InChI=1S/C17H13BrFNO3/c1-20(13-5-3-2-4-6-13)16(21)9-10-17(22)23-15-8-7-12(19)11-14(15)18/h2-11H,1H3/b10-9+. The monoisotopic (exact) mass is 377 g/mol. The van der Waals surface area contributed by atoms with Crippen molar-refractivity contribution in [2.24, 2.45) is 0 Å². The Morgan fingerprint density at radius 2 is 1.83 bits per heavy atom. The van der Waals surface area contributed by atoms with Gasteiger partial charge in [0.25, 0.3) is 5.91 Å². The zero-order valence-corrected chi connectivity index (χ0v) is 13.8. The van der Waals surface area contributed by atoms with Crippen LogP contribution >= 0.6 is 15.9 Å². The number of para-hydroxylation sites is 1. The van der Waals surface area contributed by atoms with Crippen LogP contribution in [-0.4, -0.2) is 18.9 Å². The second-order valence-electron chi connectivity index (χ2n) is 4.56. The lowest BCUT2D eigenvalue weighted by molar-refractivity contribution is -0.129. The highest BCUT2D eigenvalue weighted by atomic mass is 79.9. The van der Waals surface area contributed by atoms with Crippen LogP contribution in [0.15, 0.2) is 65.2 Å². The second-order valence-corrected chi connectivity index (χ2v) is 5.42. The van der Waals surface area contributed by atoms with Gasteiger partial charge in [-0.05, 0) is 46.3 Å². The molecule has 0 radical (unpaired) electrons. The summed E-state index contributed by atoms with van der Waals surface area (Å²) in [5, 5.41) is 0. The van der Waals surface area contributed by atoms with Gasteiger partial charge in [-0.1, -0.05) is 18.2 Å². The minimum Gasteiger partial charge on any atom is -0.422 e. The Bertz CT molecular complexity index is 747. The molecule has 0 spiro atoms. The molecule has 2 aromatic carbocycles. The van der Waals surface area contributed by atoms with Gasteiger partial charge in [-0.15, -0.1) is 0 Å². The minimum absolute atomic E-state index is 0.171. The zero-order chi connectivity index (χ0) is 16.8. The van der Waals surface area contributed by atoms with Gasteiger partial charge in [0.1, 0.15) is 11.6 Å². The van der Waals surface area contributed by atoms with Crippen molar-refractivity contribution < 1.29 is 18.7 Å². The fourth-order valence-electron chi connectivity index (χ4n) is 1.73. The molecule has 2 aromatic rings. The number of halogens is 2. The number of nitrogens with zero attached hydrogens (tertiary/aromatic N) is 1. The highest BCUT2D eigenvalue weighted by molar-refractivity contribution is 9.10. The third-order valence-corrected chi connectivity index (χ3v) is 3.56. The molecule has 118 valence electrons. The molecule has 0 atom stereocenters. The molecule has 4 nitrogen and oxygen atoms in total. The number of likely N-dealkylation sites (N-methyl/N-ethyl adjacent to an activating group) is 1. The van der Waals surface area contributed by atoms with E-state index in [-0.39, 0.29) is 11.7 Å². The van der Waals surface area contributed by atoms with E-state index < -0.39 is 11.8 Å². The molecule has 0 aromatic heterocycles. The molecular formula is C17H13BrFNO3. The van der Waals surface area contributed by atoms with Crippen LogP contribution in [0.3, 0.4) is 0 Å². The number of rotatable bonds is 4. The third kappa shape index (κ3) is 4.75. The smallest absolute Gasteiger partial charge is 0.336 e. The van der Waals surface area contributed by atoms with E-state index >= 15 is 0 Å². The van der Waals surface area contributed by atoms with Crippen LogP contribution in [0.4, 0.5) is 10.1 Å². The number of anilines is 1. The Kier molecular flexibility index (Phi) is 5.65. The number of hydrogen-bond acceptors (Lipinski definition) is 3. The van der Waals surface area contributed by atoms with E-state index in [2.05, 4.69) is 15.9 Å². The SMILES string of the molecule is CN(C(=O)/C=C/C(=O)Oc1ccc(F)cc1Br)c1ccccc1. The lowest BCUT2D eigenvalue weighted by Crippen LogP contribution is -2.24. The van der Waals surface area contributed by atoms with Crippen molar-refractivity contribution >= 4 is 33.5 Å². The molecule has 0 heterocycles. The van der Waals surface area contributed by atoms with E-state index in [0.717, 1.165) is 12.2 Å². The fraction of sp³-hybridized carbons (Fsp3) is 0.0588. The summed E-state index contributed by atoms with van der Waals surface area (Å²) in [7, 11) is 1.60. The largest absolute Gasteiger partial charge is 0.422 e. The number of hydrogen-bond donors (Lipinski definition) is 0. The van der Waals surface area contributed by atoms with Gasteiger partial charge in [0, 0.05) is 24.9 Å². The summed E-state index contributed by atoms with van der Waals surface area (Å²) >= 11 is 3.09. The molecule has 0 fully saturated rings. The predicted octanol–water partition coefficient (Wildman–Crippen LogP) is 3.71. The molecule has 0 N–H and O–H groups in total. The maximum Gasteiger partial charge on any atom is 0.336 e. The fourth-order valence-corrected chi connectivity index (χ4v) is 2.16. The Morgan fingerprint density at radius 3 is 2.48 bits per heavy atom. The van der Waals surface area contributed by atoms with Crippen LogP contribution in [-0.2, 0) is 9.59 Å². The van der Waals surface area contributed by atoms with Crippen LogP contribution < -0.4 is 9.64 Å². The molecule has 23 heavy (non-hydrogen) atoms. The topological polar surface area (TPSA) is 46.6 Å². The molecule has 6 heteroatoms. The van der Waals surface area contributed by atoms with E-state index in [0.29, 0.717) is 10.2 Å². The van der Waals surface area contributed by atoms with Crippen LogP contribution in [0.25, 0.3) is 0 Å². The van der Waals surface area contributed by atoms with E-state index in [1.807, 2.05) is 18.2 Å². The third-order valence-electron chi connectivity index (χ3n) is 2.94. The quantitative estimate of drug-likeness (QED) is 0.463. The van der Waals surface area contributed by atoms with Crippen molar-refractivity contribution in [2.45, 2.75) is 0 Å². The molecule has 1 amide bonds. The molecule has 0 aliphatic rings. The first-order chi connectivity index (χ1) is 11.0. The van der Waals surface area contributed by atoms with Crippen LogP contribution in [0.2, 0.25) is 0 Å². The van der Waals surface area contributed by atoms with Crippen LogP contribution in [0.5, 0.6) is 5.75 Å². The van der Waals surface area contributed by atoms with Crippen molar-refractivity contribution in [3.8, 4) is 5.75 Å². The summed E-state index contributed by atoms with van der Waals surface area (Å²) in [6, 6.07) is 12.7. The number of esters is 1. The summed E-state index contributed by atoms with van der Waals surface area (Å²) in [4.78, 5) is 25.1. The van der Waals surface area contributed by atoms with E-state index in [9.17, 15) is 14.0 Å². The Hall–Kier alpha value is -2.47. The first kappa shape index (κ1) is 16.9. The van der Waals surface area contributed by atoms with E-state index in [4.69, 9.17) is 4.74 Å². The molecular weight excluding hydrogens is 365 g/mol.